The molecule has 13 heteroatoms. The Labute approximate surface area is 260 Å². The number of rotatable bonds is 10. The second-order valence-corrected chi connectivity index (χ2v) is 14.4. The number of sulfonamides is 1. The Kier molecular flexibility index (Phi) is 9.09. The van der Waals surface area contributed by atoms with Crippen molar-refractivity contribution in [2.75, 3.05) is 19.7 Å². The first-order valence-corrected chi connectivity index (χ1v) is 16.4. The summed E-state index contributed by atoms with van der Waals surface area (Å²) in [7, 11) is -3.87. The summed E-state index contributed by atoms with van der Waals surface area (Å²) in [6.45, 7) is 7.12. The molecular weight excluding hydrogens is 603 g/mol. The fourth-order valence-electron chi connectivity index (χ4n) is 4.71. The van der Waals surface area contributed by atoms with Gasteiger partial charge in [-0.15, -0.1) is 11.3 Å². The molecule has 1 aliphatic rings. The molecule has 4 aromatic rings. The van der Waals surface area contributed by atoms with E-state index in [9.17, 15) is 13.2 Å². The van der Waals surface area contributed by atoms with Crippen LogP contribution >= 0.6 is 11.3 Å². The van der Waals surface area contributed by atoms with E-state index in [-0.39, 0.29) is 29.2 Å². The molecule has 0 saturated carbocycles. The number of nitrogens with zero attached hydrogens (tertiary/aromatic N) is 3. The Balaban J connectivity index is 1.33. The van der Waals surface area contributed by atoms with Gasteiger partial charge in [-0.3, -0.25) is 0 Å². The van der Waals surface area contributed by atoms with Crippen molar-refractivity contribution in [2.24, 2.45) is 16.8 Å². The molecule has 1 saturated heterocycles. The lowest BCUT2D eigenvalue weighted by atomic mass is 10.0. The van der Waals surface area contributed by atoms with Gasteiger partial charge < -0.3 is 25.3 Å². The van der Waals surface area contributed by atoms with E-state index in [0.717, 1.165) is 10.3 Å². The summed E-state index contributed by atoms with van der Waals surface area (Å²) in [4.78, 5) is 18.8. The molecule has 4 N–H and O–H groups in total. The summed E-state index contributed by atoms with van der Waals surface area (Å²) >= 11 is 1.38. The van der Waals surface area contributed by atoms with Crippen LogP contribution in [0.25, 0.3) is 10.2 Å². The van der Waals surface area contributed by atoms with E-state index in [1.54, 1.807) is 41.3 Å². The second-order valence-electron chi connectivity index (χ2n) is 11.6. The minimum absolute atomic E-state index is 0.0415. The van der Waals surface area contributed by atoms with E-state index in [0.29, 0.717) is 41.5 Å². The highest BCUT2D eigenvalue weighted by Crippen LogP contribution is 2.32. The Hall–Kier alpha value is -4.20. The van der Waals surface area contributed by atoms with E-state index >= 15 is 0 Å². The van der Waals surface area contributed by atoms with E-state index < -0.39 is 21.7 Å². The molecule has 2 heterocycles. The van der Waals surface area contributed by atoms with Crippen molar-refractivity contribution in [1.82, 2.24) is 14.6 Å². The van der Waals surface area contributed by atoms with Gasteiger partial charge in [-0.05, 0) is 69.2 Å². The topological polar surface area (TPSA) is 156 Å². The van der Waals surface area contributed by atoms with Gasteiger partial charge in [-0.1, -0.05) is 41.6 Å². The maximum absolute atomic E-state index is 13.4. The molecule has 44 heavy (non-hydrogen) atoms. The highest BCUT2D eigenvalue weighted by molar-refractivity contribution is 7.89. The standard InChI is InChI=1S/C31H35N5O6S2/c1-31(2,3)42-30(37)36-17-21(18-36)19-41-23-12-13-25-27(16-23)43-29(33-25)26(35-44(39,40)24-10-5-4-6-11-24)15-20-8-7-9-22(14-20)28(32)34-38/h4-14,16,21,26,35,38H,15,17-19H2,1-3H3,(H2,32,34). The third kappa shape index (κ3) is 7.65. The van der Waals surface area contributed by atoms with E-state index in [1.807, 2.05) is 45.0 Å². The summed E-state index contributed by atoms with van der Waals surface area (Å²) in [6.07, 6.45) is -0.0426. The lowest BCUT2D eigenvalue weighted by molar-refractivity contribution is -0.00780. The molecule has 0 bridgehead atoms. The van der Waals surface area contributed by atoms with Crippen molar-refractivity contribution < 1.29 is 27.9 Å². The zero-order valence-electron chi connectivity index (χ0n) is 24.6. The lowest BCUT2D eigenvalue weighted by Gasteiger charge is -2.39. The summed E-state index contributed by atoms with van der Waals surface area (Å²) in [6, 6.07) is 20.1. The normalized spacial score (nSPS) is 15.2. The number of likely N-dealkylation sites (tertiary alicyclic amines) is 1. The summed E-state index contributed by atoms with van der Waals surface area (Å²) < 4.78 is 41.8. The molecule has 1 aromatic heterocycles. The Bertz CT molecular complexity index is 1760. The number of nitrogens with two attached hydrogens (primary N) is 1. The minimum Gasteiger partial charge on any atom is -0.493 e. The number of ether oxygens (including phenoxy) is 2. The van der Waals surface area contributed by atoms with Gasteiger partial charge in [-0.25, -0.2) is 22.9 Å². The van der Waals surface area contributed by atoms with Crippen LogP contribution in [0.1, 0.15) is 42.9 Å². The minimum atomic E-state index is -3.87. The Morgan fingerprint density at radius 3 is 2.59 bits per heavy atom. The van der Waals surface area contributed by atoms with Gasteiger partial charge in [0.1, 0.15) is 16.4 Å². The molecule has 232 valence electrons. The Morgan fingerprint density at radius 1 is 1.14 bits per heavy atom. The highest BCUT2D eigenvalue weighted by atomic mass is 32.2. The van der Waals surface area contributed by atoms with Gasteiger partial charge in [0.05, 0.1) is 27.8 Å². The maximum atomic E-state index is 13.4. The average molecular weight is 638 g/mol. The van der Waals surface area contributed by atoms with Gasteiger partial charge >= 0.3 is 6.09 Å². The SMILES string of the molecule is CC(C)(C)OC(=O)N1CC(COc2ccc3nc(C(Cc4cccc(C(N)=NO)c4)NS(=O)(=O)c4ccccc4)sc3c2)C1. The van der Waals surface area contributed by atoms with Crippen molar-refractivity contribution in [1.29, 1.82) is 0 Å². The molecule has 1 atom stereocenters. The largest absolute Gasteiger partial charge is 0.493 e. The average Bonchev–Trinajstić information content (AvgIpc) is 3.39. The number of fused-ring (bicyclic) bond motifs is 1. The molecular formula is C31H35N5O6S2. The second kappa shape index (κ2) is 12.8. The number of nitrogens with one attached hydrogen (secondary N) is 1. The smallest absolute Gasteiger partial charge is 0.410 e. The Morgan fingerprint density at radius 2 is 1.89 bits per heavy atom. The van der Waals surface area contributed by atoms with Crippen LogP contribution in [0.4, 0.5) is 4.79 Å². The van der Waals surface area contributed by atoms with Crippen molar-refractivity contribution in [3.63, 3.8) is 0 Å². The number of amides is 1. The van der Waals surface area contributed by atoms with Crippen LogP contribution < -0.4 is 15.2 Å². The third-order valence-electron chi connectivity index (χ3n) is 6.89. The predicted octanol–water partition coefficient (Wildman–Crippen LogP) is 4.90. The van der Waals surface area contributed by atoms with E-state index in [4.69, 9.17) is 25.4 Å². The van der Waals surface area contributed by atoms with Crippen LogP contribution in [-0.4, -0.2) is 60.7 Å². The van der Waals surface area contributed by atoms with Crippen molar-refractivity contribution in [3.8, 4) is 5.75 Å². The van der Waals surface area contributed by atoms with Crippen molar-refractivity contribution in [2.45, 2.75) is 43.7 Å². The van der Waals surface area contributed by atoms with Crippen molar-refractivity contribution in [3.05, 3.63) is 88.9 Å². The maximum Gasteiger partial charge on any atom is 0.410 e. The number of carbonyl (C=O) groups excluding carboxylic acids is 1. The zero-order chi connectivity index (χ0) is 31.5. The monoisotopic (exact) mass is 637 g/mol. The van der Waals surface area contributed by atoms with Gasteiger partial charge in [0.25, 0.3) is 0 Å². The van der Waals surface area contributed by atoms with Crippen molar-refractivity contribution >= 4 is 43.5 Å². The van der Waals surface area contributed by atoms with Crippen LogP contribution in [0.3, 0.4) is 0 Å². The van der Waals surface area contributed by atoms with Crippen LogP contribution in [0, 0.1) is 5.92 Å². The molecule has 1 amide bonds. The zero-order valence-corrected chi connectivity index (χ0v) is 26.3. The van der Waals surface area contributed by atoms with Crippen LogP contribution in [0.2, 0.25) is 0 Å². The number of thiazole rings is 1. The summed E-state index contributed by atoms with van der Waals surface area (Å²) in [5, 5.41) is 12.8. The van der Waals surface area contributed by atoms with Crippen LogP contribution in [0.15, 0.2) is 82.8 Å². The molecule has 11 nitrogen and oxygen atoms in total. The number of hydrogen-bond acceptors (Lipinski definition) is 9. The van der Waals surface area contributed by atoms with Crippen LogP contribution in [0.5, 0.6) is 5.75 Å². The van der Waals surface area contributed by atoms with E-state index in [2.05, 4.69) is 9.88 Å². The van der Waals surface area contributed by atoms with Gasteiger partial charge in [0.2, 0.25) is 10.0 Å². The fourth-order valence-corrected chi connectivity index (χ4v) is 7.05. The predicted molar refractivity (Wildman–Crippen MR) is 169 cm³/mol. The van der Waals surface area contributed by atoms with Gasteiger partial charge in [0, 0.05) is 24.6 Å². The number of hydrogen-bond donors (Lipinski definition) is 3. The third-order valence-corrected chi connectivity index (χ3v) is 9.51. The van der Waals surface area contributed by atoms with Gasteiger partial charge in [0.15, 0.2) is 5.84 Å². The highest BCUT2D eigenvalue weighted by Gasteiger charge is 2.34. The molecule has 0 spiro atoms. The molecule has 1 unspecified atom stereocenters. The molecule has 3 aromatic carbocycles. The van der Waals surface area contributed by atoms with Crippen LogP contribution in [-0.2, 0) is 21.2 Å². The number of benzene rings is 3. The lowest BCUT2D eigenvalue weighted by Crippen LogP contribution is -2.53. The first-order chi connectivity index (χ1) is 20.9. The molecule has 5 rings (SSSR count). The first-order valence-electron chi connectivity index (χ1n) is 14.1. The van der Waals surface area contributed by atoms with Gasteiger partial charge in [-0.2, -0.15) is 0 Å². The first kappa shape index (κ1) is 31.2. The summed E-state index contributed by atoms with van der Waals surface area (Å²) in [5.41, 5.74) is 7.26. The number of oxime groups is 1. The molecule has 0 aliphatic carbocycles. The molecule has 0 radical (unpaired) electrons. The number of carbonyl (C=O) groups is 1. The molecule has 1 aliphatic heterocycles. The number of amidine groups is 1. The number of aromatic nitrogens is 1. The quantitative estimate of drug-likeness (QED) is 0.0960. The summed E-state index contributed by atoms with van der Waals surface area (Å²) in [5.74, 6) is 0.823. The fraction of sp³-hybridized carbons (Fsp3) is 0.323. The van der Waals surface area contributed by atoms with E-state index in [1.165, 1.54) is 23.5 Å². The molecule has 1 fully saturated rings.